The number of fused-ring (bicyclic) bond motifs is 1. The largest absolute Gasteiger partial charge is 0.463 e. The summed E-state index contributed by atoms with van der Waals surface area (Å²) in [5, 5.41) is 14.6. The second-order valence-corrected chi connectivity index (χ2v) is 9.63. The van der Waals surface area contributed by atoms with Gasteiger partial charge in [-0.25, -0.2) is 4.39 Å². The van der Waals surface area contributed by atoms with E-state index in [2.05, 4.69) is 24.9 Å². The lowest BCUT2D eigenvalue weighted by Crippen LogP contribution is -2.48. The van der Waals surface area contributed by atoms with Crippen LogP contribution in [0.4, 0.5) is 22.0 Å². The second kappa shape index (κ2) is 9.40. The highest BCUT2D eigenvalue weighted by Gasteiger charge is 2.23. The highest BCUT2D eigenvalue weighted by molar-refractivity contribution is 5.61. The van der Waals surface area contributed by atoms with Crippen LogP contribution in [0.1, 0.15) is 19.4 Å². The zero-order valence-corrected chi connectivity index (χ0v) is 20.7. The van der Waals surface area contributed by atoms with Crippen LogP contribution in [0.5, 0.6) is 0 Å². The molecule has 0 unspecified atom stereocenters. The van der Waals surface area contributed by atoms with E-state index in [4.69, 9.17) is 10.2 Å². The number of nitrogen functional groups attached to an aromatic ring is 1. The molecule has 0 bridgehead atoms. The number of nitrogens with two attached hydrogens (primary N) is 1. The number of aromatic nitrogens is 4. The van der Waals surface area contributed by atoms with E-state index in [-0.39, 0.29) is 11.8 Å². The Hall–Kier alpha value is -3.70. The number of benzene rings is 1. The molecule has 0 saturated carbocycles. The minimum absolute atomic E-state index is 0.255. The molecule has 0 atom stereocenters. The normalized spacial score (nSPS) is 15.1. The summed E-state index contributed by atoms with van der Waals surface area (Å²) in [6.45, 7) is 7.92. The Bertz CT molecular complexity index is 1340. The molecule has 10 nitrogen and oxygen atoms in total. The molecule has 0 amide bonds. The number of furan rings is 1. The number of halogens is 1. The molecule has 1 aromatic carbocycles. The molecule has 0 radical (unpaired) electrons. The lowest BCUT2D eigenvalue weighted by Gasteiger charge is -2.37. The van der Waals surface area contributed by atoms with Gasteiger partial charge >= 0.3 is 0 Å². The standard InChI is InChI=1S/C25H31FN8O2/c1-25(2,35)17-6-7-20(18(26)15-17)33-12-10-32(11-13-33)9-8-31(3)24-28-22-16-19(21-5-4-14-36-21)30-34(22)23(27)29-24/h4-7,14-16,35H,8-13H2,1-3H3,(H2,27,28,29). The lowest BCUT2D eigenvalue weighted by molar-refractivity contribution is 0.0782. The Morgan fingerprint density at radius 3 is 2.58 bits per heavy atom. The fraction of sp³-hybridized carbons (Fsp3) is 0.400. The fourth-order valence-corrected chi connectivity index (χ4v) is 4.36. The first-order chi connectivity index (χ1) is 17.2. The third-order valence-electron chi connectivity index (χ3n) is 6.57. The van der Waals surface area contributed by atoms with E-state index in [1.165, 1.54) is 10.6 Å². The van der Waals surface area contributed by atoms with Crippen molar-refractivity contribution < 1.29 is 13.9 Å². The molecule has 3 N–H and O–H groups in total. The van der Waals surface area contributed by atoms with E-state index >= 15 is 0 Å². The number of hydrogen-bond donors (Lipinski definition) is 2. The molecule has 4 heterocycles. The van der Waals surface area contributed by atoms with Gasteiger partial charge in [0.05, 0.1) is 17.6 Å². The summed E-state index contributed by atoms with van der Waals surface area (Å²) in [5.41, 5.74) is 7.47. The Balaban J connectivity index is 1.18. The van der Waals surface area contributed by atoms with Gasteiger partial charge in [0.25, 0.3) is 0 Å². The number of piperazine rings is 1. The quantitative estimate of drug-likeness (QED) is 0.400. The molecule has 4 aromatic rings. The fourth-order valence-electron chi connectivity index (χ4n) is 4.36. The number of nitrogens with zero attached hydrogens (tertiary/aromatic N) is 7. The predicted octanol–water partition coefficient (Wildman–Crippen LogP) is 2.59. The SMILES string of the molecule is CN(CCN1CCN(c2ccc(C(C)(C)O)cc2F)CC1)c1nc(N)n2nc(-c3ccco3)cc2n1. The van der Waals surface area contributed by atoms with Crippen molar-refractivity contribution in [1.29, 1.82) is 0 Å². The summed E-state index contributed by atoms with van der Waals surface area (Å²) < 4.78 is 21.6. The number of aliphatic hydroxyl groups is 1. The van der Waals surface area contributed by atoms with Gasteiger partial charge in [-0.1, -0.05) is 6.07 Å². The average molecular weight is 495 g/mol. The molecule has 5 rings (SSSR count). The van der Waals surface area contributed by atoms with Gasteiger partial charge in [-0.15, -0.1) is 0 Å². The molecule has 0 aliphatic carbocycles. The van der Waals surface area contributed by atoms with Gasteiger partial charge in [-0.3, -0.25) is 4.90 Å². The molecule has 0 spiro atoms. The van der Waals surface area contributed by atoms with E-state index < -0.39 is 5.60 Å². The summed E-state index contributed by atoms with van der Waals surface area (Å²) in [6, 6.07) is 10.4. The third kappa shape index (κ3) is 4.84. The molecular weight excluding hydrogens is 463 g/mol. The van der Waals surface area contributed by atoms with E-state index in [1.807, 2.05) is 24.1 Å². The van der Waals surface area contributed by atoms with E-state index in [0.717, 1.165) is 32.7 Å². The van der Waals surface area contributed by atoms with Gasteiger partial charge in [0.2, 0.25) is 11.9 Å². The highest BCUT2D eigenvalue weighted by atomic mass is 19.1. The maximum absolute atomic E-state index is 14.7. The Morgan fingerprint density at radius 1 is 1.14 bits per heavy atom. The van der Waals surface area contributed by atoms with Crippen molar-refractivity contribution in [1.82, 2.24) is 24.5 Å². The summed E-state index contributed by atoms with van der Waals surface area (Å²) in [4.78, 5) is 15.4. The molecule has 1 saturated heterocycles. The van der Waals surface area contributed by atoms with Crippen LogP contribution in [0.25, 0.3) is 17.1 Å². The predicted molar refractivity (Wildman–Crippen MR) is 136 cm³/mol. The van der Waals surface area contributed by atoms with Crippen LogP contribution in [0, 0.1) is 5.82 Å². The van der Waals surface area contributed by atoms with Gasteiger partial charge in [-0.05, 0) is 43.7 Å². The number of likely N-dealkylation sites (N-methyl/N-ethyl adjacent to an activating group) is 1. The number of hydrogen-bond acceptors (Lipinski definition) is 9. The minimum atomic E-state index is -1.07. The first kappa shape index (κ1) is 24.0. The van der Waals surface area contributed by atoms with Crippen LogP contribution in [0.15, 0.2) is 47.1 Å². The number of rotatable bonds is 7. The van der Waals surface area contributed by atoms with Crippen molar-refractivity contribution in [3.8, 4) is 11.5 Å². The van der Waals surface area contributed by atoms with Gasteiger partial charge in [0, 0.05) is 52.4 Å². The smallest absolute Gasteiger partial charge is 0.230 e. The van der Waals surface area contributed by atoms with Crippen molar-refractivity contribution in [3.63, 3.8) is 0 Å². The maximum atomic E-state index is 14.7. The van der Waals surface area contributed by atoms with Crippen LogP contribution in [0.2, 0.25) is 0 Å². The summed E-state index contributed by atoms with van der Waals surface area (Å²) in [6.07, 6.45) is 1.59. The van der Waals surface area contributed by atoms with Crippen molar-refractivity contribution in [3.05, 3.63) is 54.0 Å². The van der Waals surface area contributed by atoms with Crippen LogP contribution in [-0.2, 0) is 5.60 Å². The molecule has 36 heavy (non-hydrogen) atoms. The van der Waals surface area contributed by atoms with Crippen molar-refractivity contribution in [2.75, 3.05) is 61.8 Å². The monoisotopic (exact) mass is 494 g/mol. The van der Waals surface area contributed by atoms with Crippen LogP contribution >= 0.6 is 0 Å². The lowest BCUT2D eigenvalue weighted by atomic mass is 9.98. The minimum Gasteiger partial charge on any atom is -0.463 e. The summed E-state index contributed by atoms with van der Waals surface area (Å²) in [7, 11) is 1.94. The van der Waals surface area contributed by atoms with Gasteiger partial charge in [-0.2, -0.15) is 19.6 Å². The molecule has 3 aromatic heterocycles. The van der Waals surface area contributed by atoms with Crippen molar-refractivity contribution in [2.45, 2.75) is 19.4 Å². The Morgan fingerprint density at radius 2 is 1.92 bits per heavy atom. The summed E-state index contributed by atoms with van der Waals surface area (Å²) >= 11 is 0. The zero-order valence-electron chi connectivity index (χ0n) is 20.7. The Kier molecular flexibility index (Phi) is 6.27. The molecule has 190 valence electrons. The first-order valence-electron chi connectivity index (χ1n) is 12.0. The molecule has 11 heteroatoms. The van der Waals surface area contributed by atoms with E-state index in [1.54, 1.807) is 38.3 Å². The zero-order chi connectivity index (χ0) is 25.4. The van der Waals surface area contributed by atoms with Crippen LogP contribution in [-0.4, -0.2) is 75.9 Å². The number of anilines is 3. The van der Waals surface area contributed by atoms with Gasteiger partial charge in [0.1, 0.15) is 11.5 Å². The third-order valence-corrected chi connectivity index (χ3v) is 6.57. The maximum Gasteiger partial charge on any atom is 0.230 e. The molecule has 1 aliphatic rings. The van der Waals surface area contributed by atoms with E-state index in [0.29, 0.717) is 40.8 Å². The van der Waals surface area contributed by atoms with Gasteiger partial charge < -0.3 is 25.1 Å². The Labute approximate surface area is 208 Å². The molecule has 1 aliphatic heterocycles. The second-order valence-electron chi connectivity index (χ2n) is 9.63. The average Bonchev–Trinajstić information content (AvgIpc) is 3.52. The molecular formula is C25H31FN8O2. The van der Waals surface area contributed by atoms with Crippen LogP contribution in [0.3, 0.4) is 0 Å². The highest BCUT2D eigenvalue weighted by Crippen LogP contribution is 2.27. The topological polar surface area (TPSA) is 112 Å². The first-order valence-corrected chi connectivity index (χ1v) is 12.0. The van der Waals surface area contributed by atoms with Crippen LogP contribution < -0.4 is 15.5 Å². The van der Waals surface area contributed by atoms with Crippen molar-refractivity contribution >= 4 is 23.2 Å². The summed E-state index contributed by atoms with van der Waals surface area (Å²) in [5.74, 6) is 1.12. The van der Waals surface area contributed by atoms with Crippen molar-refractivity contribution in [2.24, 2.45) is 0 Å². The molecule has 1 fully saturated rings. The van der Waals surface area contributed by atoms with E-state index in [9.17, 15) is 9.50 Å². The van der Waals surface area contributed by atoms with Gasteiger partial charge in [0.15, 0.2) is 11.4 Å².